The summed E-state index contributed by atoms with van der Waals surface area (Å²) in [5.41, 5.74) is 7.15. The average molecular weight is 358 g/mol. The molecule has 98 valence electrons. The van der Waals surface area contributed by atoms with Crippen LogP contribution in [0.1, 0.15) is 11.1 Å². The average Bonchev–Trinajstić information content (AvgIpc) is 2.37. The van der Waals surface area contributed by atoms with Crippen molar-refractivity contribution in [2.24, 2.45) is 5.73 Å². The number of hydrogen-bond acceptors (Lipinski definition) is 3. The number of nitrogens with two attached hydrogens (primary N) is 1. The third-order valence-electron chi connectivity index (χ3n) is 2.41. The summed E-state index contributed by atoms with van der Waals surface area (Å²) in [7, 11) is 0. The minimum absolute atomic E-state index is 0.325. The molecule has 0 radical (unpaired) electrons. The molecule has 2 aromatic rings. The van der Waals surface area contributed by atoms with E-state index in [0.717, 1.165) is 15.6 Å². The first-order chi connectivity index (χ1) is 9.06. The quantitative estimate of drug-likeness (QED) is 0.847. The van der Waals surface area contributed by atoms with E-state index < -0.39 is 0 Å². The summed E-state index contributed by atoms with van der Waals surface area (Å²) in [5, 5.41) is 0.577. The van der Waals surface area contributed by atoms with Crippen LogP contribution in [0.3, 0.4) is 0 Å². The van der Waals surface area contributed by atoms with Gasteiger partial charge in [-0.25, -0.2) is 0 Å². The van der Waals surface area contributed by atoms with Crippen LogP contribution in [0.25, 0.3) is 0 Å². The molecule has 2 N–H and O–H groups in total. The van der Waals surface area contributed by atoms with Crippen molar-refractivity contribution in [2.75, 3.05) is 0 Å². The van der Waals surface area contributed by atoms with Crippen LogP contribution in [0.5, 0.6) is 5.75 Å². The van der Waals surface area contributed by atoms with E-state index in [1.807, 2.05) is 18.2 Å². The van der Waals surface area contributed by atoms with Crippen molar-refractivity contribution in [2.45, 2.75) is 6.61 Å². The van der Waals surface area contributed by atoms with Crippen molar-refractivity contribution in [1.82, 2.24) is 4.98 Å². The zero-order valence-electron chi connectivity index (χ0n) is 9.77. The number of hydrogen-bond donors (Lipinski definition) is 1. The normalized spacial score (nSPS) is 10.2. The van der Waals surface area contributed by atoms with Gasteiger partial charge in [0, 0.05) is 26.8 Å². The van der Waals surface area contributed by atoms with Crippen LogP contribution < -0.4 is 10.5 Å². The minimum atomic E-state index is 0.325. The number of ether oxygens (including phenoxy) is 1. The Morgan fingerprint density at radius 1 is 1.37 bits per heavy atom. The summed E-state index contributed by atoms with van der Waals surface area (Å²) in [5.74, 6) is 0.670. The Hall–Kier alpha value is -1.17. The third-order valence-corrected chi connectivity index (χ3v) is 3.43. The summed E-state index contributed by atoms with van der Waals surface area (Å²) < 4.78 is 6.47. The molecular weight excluding hydrogens is 348 g/mol. The lowest BCUT2D eigenvalue weighted by atomic mass is 10.1. The molecule has 0 amide bonds. The van der Waals surface area contributed by atoms with Gasteiger partial charge in [0.1, 0.15) is 17.3 Å². The standard InChI is InChI=1S/C13H10BrClN2OS/c14-10-4-11(6-17-5-10)18-7-9-2-1-8(13(16)19)3-12(9)15/h1-6H,7H2,(H2,16,19). The number of rotatable bonds is 4. The van der Waals surface area contributed by atoms with Gasteiger partial charge < -0.3 is 10.5 Å². The fraction of sp³-hybridized carbons (Fsp3) is 0.0769. The van der Waals surface area contributed by atoms with Gasteiger partial charge in [0.2, 0.25) is 0 Å². The van der Waals surface area contributed by atoms with Crippen LogP contribution in [0, 0.1) is 0 Å². The van der Waals surface area contributed by atoms with E-state index in [1.165, 1.54) is 0 Å². The molecule has 19 heavy (non-hydrogen) atoms. The highest BCUT2D eigenvalue weighted by molar-refractivity contribution is 9.10. The Balaban J connectivity index is 2.10. The molecule has 3 nitrogen and oxygen atoms in total. The largest absolute Gasteiger partial charge is 0.487 e. The molecule has 0 unspecified atom stereocenters. The third kappa shape index (κ3) is 3.89. The first kappa shape index (κ1) is 14.2. The fourth-order valence-electron chi connectivity index (χ4n) is 1.45. The molecule has 0 saturated carbocycles. The molecule has 0 aliphatic heterocycles. The van der Waals surface area contributed by atoms with Crippen LogP contribution in [0.15, 0.2) is 41.1 Å². The lowest BCUT2D eigenvalue weighted by Gasteiger charge is -2.09. The lowest BCUT2D eigenvalue weighted by molar-refractivity contribution is 0.305. The Labute approximate surface area is 129 Å². The van der Waals surface area contributed by atoms with E-state index in [2.05, 4.69) is 20.9 Å². The number of halogens is 2. The van der Waals surface area contributed by atoms with E-state index in [4.69, 9.17) is 34.3 Å². The molecule has 0 spiro atoms. The first-order valence-corrected chi connectivity index (χ1v) is 6.96. The summed E-state index contributed by atoms with van der Waals surface area (Å²) in [6, 6.07) is 7.25. The Morgan fingerprint density at radius 2 is 2.16 bits per heavy atom. The van der Waals surface area contributed by atoms with Crippen LogP contribution >= 0.6 is 39.7 Å². The molecule has 0 atom stereocenters. The van der Waals surface area contributed by atoms with Gasteiger partial charge in [-0.2, -0.15) is 0 Å². The second kappa shape index (κ2) is 6.32. The van der Waals surface area contributed by atoms with Gasteiger partial charge in [-0.3, -0.25) is 4.98 Å². The second-order valence-electron chi connectivity index (χ2n) is 3.80. The van der Waals surface area contributed by atoms with Crippen LogP contribution in [0.4, 0.5) is 0 Å². The molecule has 0 saturated heterocycles. The van der Waals surface area contributed by atoms with Gasteiger partial charge in [-0.05, 0) is 28.1 Å². The van der Waals surface area contributed by atoms with Crippen molar-refractivity contribution in [3.63, 3.8) is 0 Å². The second-order valence-corrected chi connectivity index (χ2v) is 5.56. The minimum Gasteiger partial charge on any atom is -0.487 e. The summed E-state index contributed by atoms with van der Waals surface area (Å²) in [6.45, 7) is 0.356. The highest BCUT2D eigenvalue weighted by Gasteiger charge is 2.05. The predicted molar refractivity (Wildman–Crippen MR) is 83.6 cm³/mol. The van der Waals surface area contributed by atoms with Gasteiger partial charge in [0.05, 0.1) is 6.20 Å². The maximum absolute atomic E-state index is 6.15. The van der Waals surface area contributed by atoms with Gasteiger partial charge in [0.25, 0.3) is 0 Å². The number of thiocarbonyl (C=S) groups is 1. The van der Waals surface area contributed by atoms with Crippen molar-refractivity contribution in [1.29, 1.82) is 0 Å². The summed E-state index contributed by atoms with van der Waals surface area (Å²) >= 11 is 14.4. The fourth-order valence-corrected chi connectivity index (χ4v) is 2.16. The SMILES string of the molecule is NC(=S)c1ccc(COc2cncc(Br)c2)c(Cl)c1. The van der Waals surface area contributed by atoms with Crippen molar-refractivity contribution in [3.05, 3.63) is 57.3 Å². The molecule has 0 bridgehead atoms. The molecule has 0 aliphatic rings. The van der Waals surface area contributed by atoms with Crippen LogP contribution in [-0.4, -0.2) is 9.97 Å². The molecular formula is C13H10BrClN2OS. The number of pyridine rings is 1. The van der Waals surface area contributed by atoms with E-state index in [-0.39, 0.29) is 0 Å². The Bertz CT molecular complexity index is 621. The molecule has 6 heteroatoms. The zero-order valence-corrected chi connectivity index (χ0v) is 12.9. The van der Waals surface area contributed by atoms with Gasteiger partial charge in [0.15, 0.2) is 0 Å². The monoisotopic (exact) mass is 356 g/mol. The molecule has 0 aliphatic carbocycles. The van der Waals surface area contributed by atoms with Crippen molar-refractivity contribution >= 4 is 44.7 Å². The van der Waals surface area contributed by atoms with Crippen molar-refractivity contribution < 1.29 is 4.74 Å². The van der Waals surface area contributed by atoms with Gasteiger partial charge in [-0.1, -0.05) is 36.0 Å². The van der Waals surface area contributed by atoms with Crippen molar-refractivity contribution in [3.8, 4) is 5.75 Å². The Kier molecular flexibility index (Phi) is 4.74. The number of benzene rings is 1. The highest BCUT2D eigenvalue weighted by Crippen LogP contribution is 2.21. The van der Waals surface area contributed by atoms with Gasteiger partial charge >= 0.3 is 0 Å². The van der Waals surface area contributed by atoms with E-state index in [1.54, 1.807) is 18.5 Å². The smallest absolute Gasteiger partial charge is 0.139 e. The topological polar surface area (TPSA) is 48.1 Å². The van der Waals surface area contributed by atoms with E-state index in [0.29, 0.717) is 22.4 Å². The van der Waals surface area contributed by atoms with Crippen LogP contribution in [0.2, 0.25) is 5.02 Å². The number of nitrogens with zero attached hydrogens (tertiary/aromatic N) is 1. The first-order valence-electron chi connectivity index (χ1n) is 5.38. The van der Waals surface area contributed by atoms with Crippen LogP contribution in [-0.2, 0) is 6.61 Å². The van der Waals surface area contributed by atoms with E-state index >= 15 is 0 Å². The maximum Gasteiger partial charge on any atom is 0.139 e. The molecule has 1 aromatic heterocycles. The summed E-state index contributed by atoms with van der Waals surface area (Å²) in [6.07, 6.45) is 3.33. The lowest BCUT2D eigenvalue weighted by Crippen LogP contribution is -2.09. The molecule has 2 rings (SSSR count). The molecule has 1 aromatic carbocycles. The van der Waals surface area contributed by atoms with E-state index in [9.17, 15) is 0 Å². The highest BCUT2D eigenvalue weighted by atomic mass is 79.9. The summed E-state index contributed by atoms with van der Waals surface area (Å²) in [4.78, 5) is 4.34. The molecule has 0 fully saturated rings. The van der Waals surface area contributed by atoms with Gasteiger partial charge in [-0.15, -0.1) is 0 Å². The predicted octanol–water partition coefficient (Wildman–Crippen LogP) is 3.71. The number of aromatic nitrogens is 1. The molecule has 1 heterocycles. The Morgan fingerprint density at radius 3 is 2.79 bits per heavy atom. The maximum atomic E-state index is 6.15. The zero-order chi connectivity index (χ0) is 13.8.